The Kier molecular flexibility index (Phi) is 4.61. The molecule has 0 amide bonds. The largest absolute Gasteiger partial charge is 0.479 e. The fraction of sp³-hybridized carbons (Fsp3) is 0.111. The molecule has 0 atom stereocenters. The zero-order valence-electron chi connectivity index (χ0n) is 12.7. The molecule has 0 saturated heterocycles. The van der Waals surface area contributed by atoms with Crippen molar-refractivity contribution in [2.24, 2.45) is 0 Å². The number of allylic oxidation sites excluding steroid dienone is 1. The summed E-state index contributed by atoms with van der Waals surface area (Å²) < 4.78 is 40.1. The summed E-state index contributed by atoms with van der Waals surface area (Å²) in [4.78, 5) is 12.4. The number of para-hydroxylation sites is 1. The molecular formula is C18H11F2NO4. The molecule has 2 aromatic carbocycles. The van der Waals surface area contributed by atoms with Crippen LogP contribution in [0.3, 0.4) is 0 Å². The molecule has 1 heterocycles. The molecule has 0 spiro atoms. The normalized spacial score (nSPS) is 14.2. The number of nitriles is 1. The molecule has 2 aromatic rings. The van der Waals surface area contributed by atoms with Crippen molar-refractivity contribution < 1.29 is 27.8 Å². The number of carbonyl (C=O) groups excluding carboxylic acids is 1. The first-order valence-electron chi connectivity index (χ1n) is 7.20. The van der Waals surface area contributed by atoms with E-state index < -0.39 is 6.61 Å². The van der Waals surface area contributed by atoms with Gasteiger partial charge in [0.15, 0.2) is 12.4 Å². The molecule has 126 valence electrons. The third-order valence-corrected chi connectivity index (χ3v) is 3.37. The number of Topliss-reactive ketones (excluding diaryl/α,β-unsaturated/α-hetero) is 1. The van der Waals surface area contributed by atoms with Crippen molar-refractivity contribution in [1.29, 1.82) is 5.26 Å². The van der Waals surface area contributed by atoms with Crippen molar-refractivity contribution in [3.05, 3.63) is 59.4 Å². The summed E-state index contributed by atoms with van der Waals surface area (Å²) in [6, 6.07) is 12.5. The molecule has 0 bridgehead atoms. The lowest BCUT2D eigenvalue weighted by atomic mass is 10.1. The molecule has 1 aliphatic heterocycles. The first kappa shape index (κ1) is 16.5. The second-order valence-electron chi connectivity index (χ2n) is 4.96. The highest BCUT2D eigenvalue weighted by Gasteiger charge is 2.28. The molecule has 0 unspecified atom stereocenters. The number of ether oxygens (including phenoxy) is 3. The second kappa shape index (κ2) is 7.01. The minimum atomic E-state index is -2.98. The molecule has 0 saturated carbocycles. The van der Waals surface area contributed by atoms with Crippen LogP contribution in [0.25, 0.3) is 6.08 Å². The highest BCUT2D eigenvalue weighted by atomic mass is 19.3. The summed E-state index contributed by atoms with van der Waals surface area (Å²) >= 11 is 0. The van der Waals surface area contributed by atoms with Gasteiger partial charge < -0.3 is 14.2 Å². The van der Waals surface area contributed by atoms with Crippen LogP contribution in [0.2, 0.25) is 0 Å². The summed E-state index contributed by atoms with van der Waals surface area (Å²) in [7, 11) is 0. The number of rotatable bonds is 5. The van der Waals surface area contributed by atoms with Gasteiger partial charge in [-0.15, -0.1) is 0 Å². The Balaban J connectivity index is 1.89. The van der Waals surface area contributed by atoms with E-state index in [0.717, 1.165) is 0 Å². The average Bonchev–Trinajstić information content (AvgIpc) is 2.90. The van der Waals surface area contributed by atoms with Crippen LogP contribution < -0.4 is 14.2 Å². The summed E-state index contributed by atoms with van der Waals surface area (Å²) in [5.74, 6) is 0.205. The molecular weight excluding hydrogens is 332 g/mol. The summed E-state index contributed by atoms with van der Waals surface area (Å²) in [5, 5.41) is 8.52. The van der Waals surface area contributed by atoms with E-state index in [-0.39, 0.29) is 29.6 Å². The molecule has 3 rings (SSSR count). The van der Waals surface area contributed by atoms with E-state index in [4.69, 9.17) is 14.7 Å². The van der Waals surface area contributed by atoms with Gasteiger partial charge in [0.2, 0.25) is 5.78 Å². The van der Waals surface area contributed by atoms with E-state index in [1.165, 1.54) is 30.3 Å². The Hall–Kier alpha value is -3.40. The number of fused-ring (bicyclic) bond motifs is 1. The molecule has 7 heteroatoms. The number of alkyl halides is 2. The van der Waals surface area contributed by atoms with Crippen molar-refractivity contribution >= 4 is 11.9 Å². The number of benzene rings is 2. The zero-order chi connectivity index (χ0) is 17.8. The van der Waals surface area contributed by atoms with Gasteiger partial charge in [-0.3, -0.25) is 4.79 Å². The summed E-state index contributed by atoms with van der Waals surface area (Å²) in [6.45, 7) is -3.11. The minimum Gasteiger partial charge on any atom is -0.479 e. The van der Waals surface area contributed by atoms with Crippen LogP contribution in [0.5, 0.6) is 17.2 Å². The van der Waals surface area contributed by atoms with Gasteiger partial charge in [0.25, 0.3) is 0 Å². The van der Waals surface area contributed by atoms with Crippen LogP contribution in [0, 0.1) is 11.3 Å². The van der Waals surface area contributed by atoms with Gasteiger partial charge in [-0.05, 0) is 24.3 Å². The first-order chi connectivity index (χ1) is 12.1. The molecule has 1 aliphatic rings. The van der Waals surface area contributed by atoms with Crippen LogP contribution in [0.1, 0.15) is 15.9 Å². The van der Waals surface area contributed by atoms with E-state index in [1.54, 1.807) is 18.2 Å². The van der Waals surface area contributed by atoms with E-state index >= 15 is 0 Å². The van der Waals surface area contributed by atoms with Gasteiger partial charge >= 0.3 is 6.61 Å². The first-order valence-corrected chi connectivity index (χ1v) is 7.20. The molecule has 5 nitrogen and oxygen atoms in total. The predicted molar refractivity (Wildman–Crippen MR) is 83.6 cm³/mol. The zero-order valence-corrected chi connectivity index (χ0v) is 12.7. The third kappa shape index (κ3) is 3.58. The fourth-order valence-corrected chi connectivity index (χ4v) is 2.32. The quantitative estimate of drug-likeness (QED) is 0.772. The topological polar surface area (TPSA) is 68.6 Å². The summed E-state index contributed by atoms with van der Waals surface area (Å²) in [5.41, 5.74) is 0.614. The van der Waals surface area contributed by atoms with Gasteiger partial charge in [0.05, 0.1) is 5.56 Å². The van der Waals surface area contributed by atoms with Crippen molar-refractivity contribution in [3.63, 3.8) is 0 Å². The van der Waals surface area contributed by atoms with E-state index in [9.17, 15) is 13.6 Å². The van der Waals surface area contributed by atoms with Crippen LogP contribution in [0.4, 0.5) is 8.78 Å². The Morgan fingerprint density at radius 1 is 1.24 bits per heavy atom. The maximum Gasteiger partial charge on any atom is 0.387 e. The fourth-order valence-electron chi connectivity index (χ4n) is 2.32. The van der Waals surface area contributed by atoms with Gasteiger partial charge in [0, 0.05) is 11.6 Å². The van der Waals surface area contributed by atoms with Gasteiger partial charge in [0.1, 0.15) is 23.3 Å². The number of nitrogens with zero attached hydrogens (tertiary/aromatic N) is 1. The van der Waals surface area contributed by atoms with Crippen molar-refractivity contribution in [2.45, 2.75) is 6.61 Å². The highest BCUT2D eigenvalue weighted by Crippen LogP contribution is 2.35. The smallest absolute Gasteiger partial charge is 0.387 e. The Bertz CT molecular complexity index is 887. The van der Waals surface area contributed by atoms with Gasteiger partial charge in [-0.1, -0.05) is 18.2 Å². The van der Waals surface area contributed by atoms with Crippen molar-refractivity contribution in [2.75, 3.05) is 6.61 Å². The summed E-state index contributed by atoms with van der Waals surface area (Å²) in [6.07, 6.45) is 1.34. The predicted octanol–water partition coefficient (Wildman–Crippen LogP) is 3.81. The molecule has 0 N–H and O–H groups in total. The monoisotopic (exact) mass is 343 g/mol. The second-order valence-corrected chi connectivity index (χ2v) is 4.96. The van der Waals surface area contributed by atoms with Crippen molar-refractivity contribution in [1.82, 2.24) is 0 Å². The van der Waals surface area contributed by atoms with E-state index in [1.807, 2.05) is 6.07 Å². The van der Waals surface area contributed by atoms with Crippen LogP contribution in [-0.2, 0) is 0 Å². The van der Waals surface area contributed by atoms with Gasteiger partial charge in [-0.2, -0.15) is 14.0 Å². The lowest BCUT2D eigenvalue weighted by molar-refractivity contribution is -0.0499. The standard InChI is InChI=1S/C18H11F2NO4/c19-18(20)25-14-4-2-1-3-11(14)9-16-17(22)13-6-5-12(23-8-7-21)10-15(13)24-16/h1-6,9-10,18H,8H2/b16-9-. The van der Waals surface area contributed by atoms with E-state index in [2.05, 4.69) is 4.74 Å². The molecule has 0 radical (unpaired) electrons. The van der Waals surface area contributed by atoms with Gasteiger partial charge in [-0.25, -0.2) is 0 Å². The number of hydrogen-bond acceptors (Lipinski definition) is 5. The maximum absolute atomic E-state index is 12.5. The number of hydrogen-bond donors (Lipinski definition) is 0. The lowest BCUT2D eigenvalue weighted by Gasteiger charge is -2.08. The number of carbonyl (C=O) groups is 1. The number of ketones is 1. The van der Waals surface area contributed by atoms with E-state index in [0.29, 0.717) is 16.9 Å². The maximum atomic E-state index is 12.5. The molecule has 0 aliphatic carbocycles. The average molecular weight is 343 g/mol. The van der Waals surface area contributed by atoms with Crippen LogP contribution in [-0.4, -0.2) is 19.0 Å². The molecule has 0 fully saturated rings. The van der Waals surface area contributed by atoms with Crippen LogP contribution >= 0.6 is 0 Å². The van der Waals surface area contributed by atoms with Crippen LogP contribution in [0.15, 0.2) is 48.2 Å². The Morgan fingerprint density at radius 2 is 2.04 bits per heavy atom. The Labute approximate surface area is 141 Å². The lowest BCUT2D eigenvalue weighted by Crippen LogP contribution is -2.04. The minimum absolute atomic E-state index is 0.0160. The number of halogens is 2. The molecule has 0 aromatic heterocycles. The highest BCUT2D eigenvalue weighted by molar-refractivity contribution is 6.14. The molecule has 25 heavy (non-hydrogen) atoms. The third-order valence-electron chi connectivity index (χ3n) is 3.37. The van der Waals surface area contributed by atoms with Crippen molar-refractivity contribution in [3.8, 4) is 23.3 Å². The SMILES string of the molecule is N#CCOc1ccc2c(c1)O/C(=C\c1ccccc1OC(F)F)C2=O. The Morgan fingerprint density at radius 3 is 2.80 bits per heavy atom.